The molecule has 1 heterocycles. The highest BCUT2D eigenvalue weighted by Gasteiger charge is 2.39. The molecule has 1 aromatic heterocycles. The zero-order chi connectivity index (χ0) is 14.8. The van der Waals surface area contributed by atoms with Gasteiger partial charge in [-0.3, -0.25) is 14.6 Å². The van der Waals surface area contributed by atoms with Crippen LogP contribution in [0.4, 0.5) is 13.2 Å². The van der Waals surface area contributed by atoms with Crippen molar-refractivity contribution in [3.8, 4) is 0 Å². The molecule has 0 aliphatic rings. The molecule has 1 aromatic rings. The van der Waals surface area contributed by atoms with Crippen LogP contribution in [0.25, 0.3) is 0 Å². The fourth-order valence-electron chi connectivity index (χ4n) is 1.39. The van der Waals surface area contributed by atoms with E-state index in [2.05, 4.69) is 15.9 Å². The summed E-state index contributed by atoms with van der Waals surface area (Å²) in [4.78, 5) is 11.2. The molecule has 9 heteroatoms. The van der Waals surface area contributed by atoms with Crippen LogP contribution in [0.2, 0.25) is 0 Å². The van der Waals surface area contributed by atoms with E-state index in [-0.39, 0.29) is 19.3 Å². The van der Waals surface area contributed by atoms with E-state index in [9.17, 15) is 23.1 Å². The number of aromatic nitrogens is 2. The quantitative estimate of drug-likeness (QED) is 0.853. The fraction of sp³-hybridized carbons (Fsp3) is 0.700. The van der Waals surface area contributed by atoms with Gasteiger partial charge in [-0.1, -0.05) is 0 Å². The van der Waals surface area contributed by atoms with Crippen LogP contribution in [-0.4, -0.2) is 33.7 Å². The Morgan fingerprint density at radius 1 is 1.47 bits per heavy atom. The van der Waals surface area contributed by atoms with E-state index in [1.807, 2.05) is 5.10 Å². The lowest BCUT2D eigenvalue weighted by Gasteiger charge is -2.14. The summed E-state index contributed by atoms with van der Waals surface area (Å²) in [7, 11) is 0. The third-order valence-corrected chi connectivity index (χ3v) is 3.03. The second kappa shape index (κ2) is 6.10. The Hall–Kier alpha value is -0.800. The maximum Gasteiger partial charge on any atom is 0.424 e. The molecule has 0 radical (unpaired) electrons. The number of halogens is 4. The van der Waals surface area contributed by atoms with Crippen LogP contribution in [-0.2, 0) is 17.5 Å². The first-order chi connectivity index (χ1) is 8.62. The number of H-pyrrole nitrogens is 1. The zero-order valence-electron chi connectivity index (χ0n) is 10.3. The van der Waals surface area contributed by atoms with Crippen molar-refractivity contribution in [2.45, 2.75) is 38.8 Å². The Kier molecular flexibility index (Phi) is 5.22. The summed E-state index contributed by atoms with van der Waals surface area (Å²) in [6, 6.07) is 0. The topological polar surface area (TPSA) is 67.2 Å². The van der Waals surface area contributed by atoms with Gasteiger partial charge >= 0.3 is 6.18 Å². The molecule has 0 spiro atoms. The molecule has 19 heavy (non-hydrogen) atoms. The first kappa shape index (κ1) is 16.3. The number of nitrogens with zero attached hydrogens (tertiary/aromatic N) is 1. The van der Waals surface area contributed by atoms with Gasteiger partial charge in [0, 0.05) is 0 Å². The molecular formula is C10H14BrF3N2O3. The van der Waals surface area contributed by atoms with Gasteiger partial charge in [0.15, 0.2) is 5.56 Å². The molecule has 0 aliphatic carbocycles. The van der Waals surface area contributed by atoms with Crippen molar-refractivity contribution >= 4 is 15.9 Å². The molecule has 110 valence electrons. The van der Waals surface area contributed by atoms with Crippen molar-refractivity contribution in [2.75, 3.05) is 6.61 Å². The van der Waals surface area contributed by atoms with Crippen LogP contribution in [0.15, 0.2) is 9.40 Å². The van der Waals surface area contributed by atoms with Crippen molar-refractivity contribution in [3.63, 3.8) is 0 Å². The standard InChI is InChI=1S/C10H14BrF3N2O3/c1-5(2)19-4-6(17)3-16-8(11)7(9(18)15-16)10(12,13)14/h5-6,17H,3-4H2,1-2H3,(H,15,18). The molecule has 0 saturated heterocycles. The summed E-state index contributed by atoms with van der Waals surface area (Å²) in [6.45, 7) is 3.29. The maximum absolute atomic E-state index is 12.6. The molecule has 5 nitrogen and oxygen atoms in total. The Labute approximate surface area is 115 Å². The molecule has 0 aromatic carbocycles. The van der Waals surface area contributed by atoms with E-state index in [0.29, 0.717) is 0 Å². The van der Waals surface area contributed by atoms with Crippen molar-refractivity contribution in [1.82, 2.24) is 9.78 Å². The number of nitrogens with one attached hydrogen (secondary N) is 1. The van der Waals surface area contributed by atoms with Crippen LogP contribution in [0.1, 0.15) is 19.4 Å². The predicted octanol–water partition coefficient (Wildman–Crippen LogP) is 1.74. The first-order valence-electron chi connectivity index (χ1n) is 5.48. The SMILES string of the molecule is CC(C)OCC(O)Cn1[nH]c(=O)c(C(F)(F)F)c1Br. The molecule has 1 atom stereocenters. The summed E-state index contributed by atoms with van der Waals surface area (Å²) in [5.74, 6) is 0. The third kappa shape index (κ3) is 4.36. The molecule has 2 N–H and O–H groups in total. The van der Waals surface area contributed by atoms with Gasteiger partial charge in [0.2, 0.25) is 0 Å². The lowest BCUT2D eigenvalue weighted by Crippen LogP contribution is -2.25. The summed E-state index contributed by atoms with van der Waals surface area (Å²) < 4.78 is 43.3. The van der Waals surface area contributed by atoms with E-state index in [1.165, 1.54) is 0 Å². The lowest BCUT2D eigenvalue weighted by atomic mass is 10.3. The van der Waals surface area contributed by atoms with E-state index < -0.39 is 28.0 Å². The van der Waals surface area contributed by atoms with Crippen molar-refractivity contribution < 1.29 is 23.0 Å². The largest absolute Gasteiger partial charge is 0.424 e. The number of aliphatic hydroxyl groups is 1. The van der Waals surface area contributed by atoms with Gasteiger partial charge in [-0.15, -0.1) is 0 Å². The normalized spacial score (nSPS) is 14.1. The van der Waals surface area contributed by atoms with E-state index >= 15 is 0 Å². The van der Waals surface area contributed by atoms with Gasteiger partial charge in [-0.25, -0.2) is 0 Å². The Bertz CT molecular complexity index is 481. The minimum absolute atomic E-state index is 0.0360. The monoisotopic (exact) mass is 346 g/mol. The molecule has 0 aliphatic heterocycles. The van der Waals surface area contributed by atoms with Crippen LogP contribution in [0, 0.1) is 0 Å². The number of rotatable bonds is 5. The zero-order valence-corrected chi connectivity index (χ0v) is 11.9. The van der Waals surface area contributed by atoms with E-state index in [4.69, 9.17) is 4.74 Å². The number of aliphatic hydroxyl groups excluding tert-OH is 1. The van der Waals surface area contributed by atoms with Gasteiger partial charge in [-0.05, 0) is 29.8 Å². The van der Waals surface area contributed by atoms with Gasteiger partial charge in [-0.2, -0.15) is 13.2 Å². The van der Waals surface area contributed by atoms with E-state index in [0.717, 1.165) is 4.68 Å². The molecule has 0 bridgehead atoms. The van der Waals surface area contributed by atoms with Gasteiger partial charge < -0.3 is 9.84 Å². The molecule has 0 fully saturated rings. The minimum Gasteiger partial charge on any atom is -0.389 e. The van der Waals surface area contributed by atoms with Crippen LogP contribution >= 0.6 is 15.9 Å². The molecule has 0 saturated carbocycles. The highest BCUT2D eigenvalue weighted by molar-refractivity contribution is 9.10. The van der Waals surface area contributed by atoms with Gasteiger partial charge in [0.1, 0.15) is 4.60 Å². The summed E-state index contributed by atoms with van der Waals surface area (Å²) >= 11 is 2.71. The minimum atomic E-state index is -4.75. The Morgan fingerprint density at radius 2 is 2.05 bits per heavy atom. The number of aromatic amines is 1. The van der Waals surface area contributed by atoms with Crippen molar-refractivity contribution in [1.29, 1.82) is 0 Å². The smallest absolute Gasteiger partial charge is 0.389 e. The molecule has 1 unspecified atom stereocenters. The van der Waals surface area contributed by atoms with Crippen LogP contribution < -0.4 is 5.56 Å². The molecule has 1 rings (SSSR count). The van der Waals surface area contributed by atoms with Crippen LogP contribution in [0.5, 0.6) is 0 Å². The summed E-state index contributed by atoms with van der Waals surface area (Å²) in [5, 5.41) is 11.6. The number of alkyl halides is 3. The first-order valence-corrected chi connectivity index (χ1v) is 6.27. The molecule has 0 amide bonds. The number of hydrogen-bond acceptors (Lipinski definition) is 3. The second-order valence-corrected chi connectivity index (χ2v) is 5.00. The number of ether oxygens (including phenoxy) is 1. The predicted molar refractivity (Wildman–Crippen MR) is 64.8 cm³/mol. The van der Waals surface area contributed by atoms with Crippen molar-refractivity contribution in [2.24, 2.45) is 0 Å². The lowest BCUT2D eigenvalue weighted by molar-refractivity contribution is -0.139. The number of hydrogen-bond donors (Lipinski definition) is 2. The highest BCUT2D eigenvalue weighted by atomic mass is 79.9. The Morgan fingerprint density at radius 3 is 2.47 bits per heavy atom. The Balaban J connectivity index is 2.84. The van der Waals surface area contributed by atoms with E-state index in [1.54, 1.807) is 13.8 Å². The third-order valence-electron chi connectivity index (χ3n) is 2.21. The van der Waals surface area contributed by atoms with Crippen LogP contribution in [0.3, 0.4) is 0 Å². The molecular weight excluding hydrogens is 333 g/mol. The summed E-state index contributed by atoms with van der Waals surface area (Å²) in [6.07, 6.45) is -5.88. The summed E-state index contributed by atoms with van der Waals surface area (Å²) in [5.41, 5.74) is -2.57. The van der Waals surface area contributed by atoms with Gasteiger partial charge in [0.25, 0.3) is 5.56 Å². The van der Waals surface area contributed by atoms with Crippen molar-refractivity contribution in [3.05, 3.63) is 20.5 Å². The maximum atomic E-state index is 12.6. The van der Waals surface area contributed by atoms with Gasteiger partial charge in [0.05, 0.1) is 25.4 Å². The highest BCUT2D eigenvalue weighted by Crippen LogP contribution is 2.32. The average molecular weight is 347 g/mol. The second-order valence-electron chi connectivity index (χ2n) is 4.25. The average Bonchev–Trinajstić information content (AvgIpc) is 2.50. The fourth-order valence-corrected chi connectivity index (χ4v) is 2.03.